The molecule has 7 N–H and O–H groups in total. The van der Waals surface area contributed by atoms with Crippen molar-refractivity contribution in [3.8, 4) is 0 Å². The van der Waals surface area contributed by atoms with Crippen LogP contribution in [-0.4, -0.2) is 142 Å². The zero-order chi connectivity index (χ0) is 44.5. The Labute approximate surface area is 366 Å². The Morgan fingerprint density at radius 1 is 0.541 bits per heavy atom. The second kappa shape index (κ2) is 35.5. The van der Waals surface area contributed by atoms with E-state index in [1.165, 1.54) is 44.9 Å². The van der Waals surface area contributed by atoms with Gasteiger partial charge in [0.2, 0.25) is 0 Å². The van der Waals surface area contributed by atoms with Crippen LogP contribution in [0.25, 0.3) is 0 Å². The quantitative estimate of drug-likeness (QED) is 0.0224. The van der Waals surface area contributed by atoms with E-state index in [-0.39, 0.29) is 19.6 Å². The first-order valence-electron chi connectivity index (χ1n) is 23.6. The van der Waals surface area contributed by atoms with E-state index in [4.69, 9.17) is 28.4 Å². The van der Waals surface area contributed by atoms with Crippen molar-refractivity contribution >= 4 is 5.97 Å². The molecule has 0 aliphatic carbocycles. The SMILES string of the molecule is CCC/C=C\CCCCCCCC(=O)OC(COCCCCCCCC/C=C\C/C=C\CCCCCC)COC1OC(COC2OC(CO)C(O)C(O)C2O)C(O)C(O)C1O. The highest BCUT2D eigenvalue weighted by Gasteiger charge is 2.47. The highest BCUT2D eigenvalue weighted by atomic mass is 16.7. The second-order valence-corrected chi connectivity index (χ2v) is 16.6. The lowest BCUT2D eigenvalue weighted by Crippen LogP contribution is -2.61. The third-order valence-corrected chi connectivity index (χ3v) is 11.1. The lowest BCUT2D eigenvalue weighted by Gasteiger charge is -2.42. The molecule has 11 atom stereocenters. The van der Waals surface area contributed by atoms with Gasteiger partial charge in [-0.2, -0.15) is 0 Å². The first-order chi connectivity index (χ1) is 29.6. The molecule has 0 spiro atoms. The molecule has 14 heteroatoms. The van der Waals surface area contributed by atoms with Crippen LogP contribution in [0.4, 0.5) is 0 Å². The number of hydrogen-bond acceptors (Lipinski definition) is 14. The van der Waals surface area contributed by atoms with Gasteiger partial charge in [0.05, 0.1) is 26.4 Å². The Balaban J connectivity index is 1.79. The molecule has 11 unspecified atom stereocenters. The molecule has 0 aromatic rings. The Bertz CT molecular complexity index is 1150. The normalized spacial score (nSPS) is 27.8. The molecule has 0 bridgehead atoms. The number of aliphatic hydroxyl groups excluding tert-OH is 7. The standard InChI is InChI=1S/C47H84O14/c1-3-5-7-9-11-13-15-16-17-18-19-20-21-23-25-27-29-31-56-33-36(59-39(49)30-28-26-24-22-14-12-10-8-6-4-2)34-57-46-45(55)43(53)41(51)38(61-46)35-58-47-44(54)42(52)40(50)37(32-48)60-47/h8,10,13,15,17-18,36-38,40-48,50-55H,3-7,9,11-12,14,16,19-35H2,1-2H3/b10-8-,15-13-,18-17-. The van der Waals surface area contributed by atoms with E-state index in [1.807, 2.05) is 0 Å². The highest BCUT2D eigenvalue weighted by Crippen LogP contribution is 2.26. The number of unbranched alkanes of at least 4 members (excludes halogenated alkanes) is 16. The molecule has 0 amide bonds. The van der Waals surface area contributed by atoms with Gasteiger partial charge in [0, 0.05) is 13.0 Å². The summed E-state index contributed by atoms with van der Waals surface area (Å²) in [5, 5.41) is 71.9. The summed E-state index contributed by atoms with van der Waals surface area (Å²) >= 11 is 0. The fourth-order valence-electron chi connectivity index (χ4n) is 7.20. The number of hydrogen-bond donors (Lipinski definition) is 7. The number of ether oxygens (including phenoxy) is 6. The summed E-state index contributed by atoms with van der Waals surface area (Å²) < 4.78 is 34.1. The van der Waals surface area contributed by atoms with Crippen LogP contribution in [0.3, 0.4) is 0 Å². The first kappa shape index (κ1) is 55.3. The molecule has 356 valence electrons. The van der Waals surface area contributed by atoms with Crippen molar-refractivity contribution in [2.45, 2.75) is 223 Å². The summed E-state index contributed by atoms with van der Waals surface area (Å²) in [4.78, 5) is 12.9. The number of carbonyl (C=O) groups excluding carboxylic acids is 1. The van der Waals surface area contributed by atoms with Crippen molar-refractivity contribution in [3.05, 3.63) is 36.5 Å². The van der Waals surface area contributed by atoms with E-state index in [0.717, 1.165) is 83.5 Å². The summed E-state index contributed by atoms with van der Waals surface area (Å²) in [6.07, 6.45) is 20.8. The van der Waals surface area contributed by atoms with E-state index < -0.39 is 86.7 Å². The van der Waals surface area contributed by atoms with Gasteiger partial charge in [0.15, 0.2) is 12.6 Å². The zero-order valence-electron chi connectivity index (χ0n) is 37.4. The molecule has 2 rings (SSSR count). The molecular weight excluding hydrogens is 789 g/mol. The van der Waals surface area contributed by atoms with Crippen LogP contribution < -0.4 is 0 Å². The molecule has 2 heterocycles. The Morgan fingerprint density at radius 3 is 1.66 bits per heavy atom. The first-order valence-corrected chi connectivity index (χ1v) is 23.6. The Hall–Kier alpha value is -1.79. The summed E-state index contributed by atoms with van der Waals surface area (Å²) in [6.45, 7) is 3.55. The average Bonchev–Trinajstić information content (AvgIpc) is 3.25. The van der Waals surface area contributed by atoms with Gasteiger partial charge in [-0.1, -0.05) is 121 Å². The molecule has 2 fully saturated rings. The largest absolute Gasteiger partial charge is 0.457 e. The third-order valence-electron chi connectivity index (χ3n) is 11.1. The number of aliphatic hydroxyl groups is 7. The van der Waals surface area contributed by atoms with Crippen LogP contribution in [0.5, 0.6) is 0 Å². The number of esters is 1. The van der Waals surface area contributed by atoms with Gasteiger partial charge in [-0.3, -0.25) is 4.79 Å². The molecule has 61 heavy (non-hydrogen) atoms. The molecular formula is C47H84O14. The fraction of sp³-hybridized carbons (Fsp3) is 0.851. The van der Waals surface area contributed by atoms with Crippen molar-refractivity contribution in [3.63, 3.8) is 0 Å². The number of allylic oxidation sites excluding steroid dienone is 6. The van der Waals surface area contributed by atoms with Crippen molar-refractivity contribution in [2.75, 3.05) is 33.0 Å². The van der Waals surface area contributed by atoms with Gasteiger partial charge >= 0.3 is 5.97 Å². The van der Waals surface area contributed by atoms with E-state index in [1.54, 1.807) is 0 Å². The summed E-state index contributed by atoms with van der Waals surface area (Å²) in [5.41, 5.74) is 0. The predicted octanol–water partition coefficient (Wildman–Crippen LogP) is 5.85. The van der Waals surface area contributed by atoms with Crippen LogP contribution in [-0.2, 0) is 33.2 Å². The molecule has 0 aromatic heterocycles. The number of carbonyl (C=O) groups is 1. The van der Waals surface area contributed by atoms with E-state index in [2.05, 4.69) is 50.3 Å². The van der Waals surface area contributed by atoms with E-state index in [0.29, 0.717) is 13.0 Å². The van der Waals surface area contributed by atoms with Gasteiger partial charge in [0.25, 0.3) is 0 Å². The van der Waals surface area contributed by atoms with E-state index in [9.17, 15) is 40.5 Å². The monoisotopic (exact) mass is 873 g/mol. The van der Waals surface area contributed by atoms with Crippen molar-refractivity contribution < 1.29 is 69.0 Å². The molecule has 0 aromatic carbocycles. The molecule has 0 radical (unpaired) electrons. The Morgan fingerprint density at radius 2 is 1.05 bits per heavy atom. The van der Waals surface area contributed by atoms with Crippen LogP contribution in [0.2, 0.25) is 0 Å². The van der Waals surface area contributed by atoms with Crippen LogP contribution in [0.15, 0.2) is 36.5 Å². The van der Waals surface area contributed by atoms with Crippen LogP contribution >= 0.6 is 0 Å². The van der Waals surface area contributed by atoms with Crippen molar-refractivity contribution in [1.82, 2.24) is 0 Å². The molecule has 14 nitrogen and oxygen atoms in total. The van der Waals surface area contributed by atoms with Gasteiger partial charge in [-0.05, 0) is 64.2 Å². The van der Waals surface area contributed by atoms with Gasteiger partial charge in [-0.15, -0.1) is 0 Å². The van der Waals surface area contributed by atoms with Crippen LogP contribution in [0, 0.1) is 0 Å². The Kier molecular flexibility index (Phi) is 32.2. The van der Waals surface area contributed by atoms with Crippen molar-refractivity contribution in [2.24, 2.45) is 0 Å². The molecule has 2 aliphatic rings. The fourth-order valence-corrected chi connectivity index (χ4v) is 7.20. The minimum absolute atomic E-state index is 0.0509. The predicted molar refractivity (Wildman–Crippen MR) is 233 cm³/mol. The van der Waals surface area contributed by atoms with Crippen molar-refractivity contribution in [1.29, 1.82) is 0 Å². The maximum absolute atomic E-state index is 12.9. The lowest BCUT2D eigenvalue weighted by molar-refractivity contribution is -0.332. The molecule has 2 aliphatic heterocycles. The van der Waals surface area contributed by atoms with Gasteiger partial charge in [-0.25, -0.2) is 0 Å². The highest BCUT2D eigenvalue weighted by molar-refractivity contribution is 5.69. The van der Waals surface area contributed by atoms with E-state index >= 15 is 0 Å². The summed E-state index contributed by atoms with van der Waals surface area (Å²) in [7, 11) is 0. The molecule has 0 saturated carbocycles. The maximum atomic E-state index is 12.9. The van der Waals surface area contributed by atoms with Gasteiger partial charge < -0.3 is 64.2 Å². The molecule has 2 saturated heterocycles. The van der Waals surface area contributed by atoms with Crippen LogP contribution in [0.1, 0.15) is 155 Å². The summed E-state index contributed by atoms with van der Waals surface area (Å²) in [5.74, 6) is -0.393. The maximum Gasteiger partial charge on any atom is 0.306 e. The van der Waals surface area contributed by atoms with Gasteiger partial charge in [0.1, 0.15) is 54.9 Å². The second-order valence-electron chi connectivity index (χ2n) is 16.6. The average molecular weight is 873 g/mol. The topological polar surface area (TPSA) is 214 Å². The smallest absolute Gasteiger partial charge is 0.306 e. The number of rotatable bonds is 36. The zero-order valence-corrected chi connectivity index (χ0v) is 37.4. The minimum atomic E-state index is -1.71. The lowest BCUT2D eigenvalue weighted by atomic mass is 9.98. The minimum Gasteiger partial charge on any atom is -0.457 e. The summed E-state index contributed by atoms with van der Waals surface area (Å²) in [6, 6.07) is 0. The third kappa shape index (κ3) is 24.2.